The van der Waals surface area contributed by atoms with Crippen LogP contribution in [0, 0.1) is 3.57 Å². The Labute approximate surface area is 228 Å². The van der Waals surface area contributed by atoms with Gasteiger partial charge >= 0.3 is 0 Å². The molecule has 6 nitrogen and oxygen atoms in total. The molecule has 37 heavy (non-hydrogen) atoms. The third kappa shape index (κ3) is 6.13. The summed E-state index contributed by atoms with van der Waals surface area (Å²) in [5, 5.41) is 9.04. The molecule has 1 amide bonds. The van der Waals surface area contributed by atoms with Crippen LogP contribution in [-0.2, 0) is 6.61 Å². The van der Waals surface area contributed by atoms with Crippen molar-refractivity contribution in [2.24, 2.45) is 5.10 Å². The molecule has 0 fully saturated rings. The smallest absolute Gasteiger partial charge is 0.272 e. The van der Waals surface area contributed by atoms with Gasteiger partial charge in [0, 0.05) is 20.9 Å². The Balaban J connectivity index is 1.38. The molecule has 0 aliphatic carbocycles. The highest BCUT2D eigenvalue weighted by Crippen LogP contribution is 2.25. The number of hydrogen-bond acceptors (Lipinski definition) is 4. The Morgan fingerprint density at radius 1 is 0.892 bits per heavy atom. The molecule has 1 heterocycles. The van der Waals surface area contributed by atoms with E-state index in [1.165, 1.54) is 0 Å². The van der Waals surface area contributed by atoms with E-state index >= 15 is 0 Å². The van der Waals surface area contributed by atoms with Gasteiger partial charge in [0.1, 0.15) is 18.1 Å². The van der Waals surface area contributed by atoms with Gasteiger partial charge in [-0.25, -0.2) is 10.1 Å². The predicted molar refractivity (Wildman–Crippen MR) is 154 cm³/mol. The maximum Gasteiger partial charge on any atom is 0.272 e. The lowest BCUT2D eigenvalue weighted by Crippen LogP contribution is -2.18. The van der Waals surface area contributed by atoms with Crippen molar-refractivity contribution in [3.63, 3.8) is 0 Å². The monoisotopic (exact) mass is 598 g/mol. The van der Waals surface area contributed by atoms with E-state index in [0.717, 1.165) is 37.4 Å². The number of nitrogens with one attached hydrogen (secondary N) is 1. The number of para-hydroxylation sites is 1. The number of benzene rings is 4. The van der Waals surface area contributed by atoms with Crippen LogP contribution in [0.25, 0.3) is 16.9 Å². The number of hydrazone groups is 1. The van der Waals surface area contributed by atoms with E-state index in [1.54, 1.807) is 17.0 Å². The zero-order valence-corrected chi connectivity index (χ0v) is 21.9. The molecular weight excluding hydrogens is 575 g/mol. The lowest BCUT2D eigenvalue weighted by Gasteiger charge is -2.07. The van der Waals surface area contributed by atoms with Crippen molar-refractivity contribution in [2.45, 2.75) is 6.61 Å². The quantitative estimate of drug-likeness (QED) is 0.126. The minimum absolute atomic E-state index is 0.266. The van der Waals surface area contributed by atoms with Crippen LogP contribution in [0.5, 0.6) is 5.75 Å². The second-order valence-corrected chi connectivity index (χ2v) is 9.35. The fraction of sp³-hybridized carbons (Fsp3) is 0.0333. The summed E-state index contributed by atoms with van der Waals surface area (Å²) >= 11 is 2.14. The van der Waals surface area contributed by atoms with Crippen molar-refractivity contribution in [1.29, 1.82) is 0 Å². The standard InChI is InChI=1S/C30H23IN4O2/c31-28-14-8-7-13-27(28)30(36)33-32-19-24-20-35(25-11-5-2-6-12-25)34-29(24)23-15-17-26(18-16-23)37-21-22-9-3-1-4-10-22/h1-20H,21H2,(H,33,36)/b32-19+. The molecule has 1 N–H and O–H groups in total. The van der Waals surface area contributed by atoms with Gasteiger partial charge in [0.05, 0.1) is 17.5 Å². The SMILES string of the molecule is O=C(N/N=C/c1cn(-c2ccccc2)nc1-c1ccc(OCc2ccccc2)cc1)c1ccccc1I. The molecule has 0 radical (unpaired) electrons. The first kappa shape index (κ1) is 24.5. The van der Waals surface area contributed by atoms with Gasteiger partial charge in [-0.2, -0.15) is 10.2 Å². The van der Waals surface area contributed by atoms with Crippen molar-refractivity contribution < 1.29 is 9.53 Å². The van der Waals surface area contributed by atoms with E-state index in [1.807, 2.05) is 109 Å². The third-order valence-electron chi connectivity index (χ3n) is 5.63. The second-order valence-electron chi connectivity index (χ2n) is 8.19. The first-order valence-corrected chi connectivity index (χ1v) is 12.8. The van der Waals surface area contributed by atoms with Crippen molar-refractivity contribution in [2.75, 3.05) is 0 Å². The molecule has 0 bridgehead atoms. The summed E-state index contributed by atoms with van der Waals surface area (Å²) in [5.74, 6) is 0.508. The fourth-order valence-electron chi connectivity index (χ4n) is 3.74. The van der Waals surface area contributed by atoms with Crippen LogP contribution in [-0.4, -0.2) is 21.9 Å². The number of ether oxygens (including phenoxy) is 1. The average molecular weight is 598 g/mol. The maximum absolute atomic E-state index is 12.6. The van der Waals surface area contributed by atoms with Gasteiger partial charge in [-0.3, -0.25) is 4.79 Å². The first-order chi connectivity index (χ1) is 18.2. The Morgan fingerprint density at radius 2 is 1.57 bits per heavy atom. The summed E-state index contributed by atoms with van der Waals surface area (Å²) in [6.07, 6.45) is 3.52. The fourth-order valence-corrected chi connectivity index (χ4v) is 4.37. The number of aromatic nitrogens is 2. The Hall–Kier alpha value is -4.24. The van der Waals surface area contributed by atoms with Crippen LogP contribution < -0.4 is 10.2 Å². The summed E-state index contributed by atoms with van der Waals surface area (Å²) < 4.78 is 8.60. The normalized spacial score (nSPS) is 10.9. The Kier molecular flexibility index (Phi) is 7.71. The number of nitrogens with zero attached hydrogens (tertiary/aromatic N) is 3. The van der Waals surface area contributed by atoms with Crippen molar-refractivity contribution >= 4 is 34.7 Å². The van der Waals surface area contributed by atoms with E-state index in [9.17, 15) is 4.79 Å². The number of rotatable bonds is 8. The lowest BCUT2D eigenvalue weighted by molar-refractivity contribution is 0.0954. The first-order valence-electron chi connectivity index (χ1n) is 11.7. The van der Waals surface area contributed by atoms with Gasteiger partial charge in [0.2, 0.25) is 0 Å². The van der Waals surface area contributed by atoms with Crippen LogP contribution in [0.2, 0.25) is 0 Å². The molecule has 0 spiro atoms. The predicted octanol–water partition coefficient (Wildman–Crippen LogP) is 6.49. The number of halogens is 1. The Morgan fingerprint density at radius 3 is 2.30 bits per heavy atom. The van der Waals surface area contributed by atoms with Gasteiger partial charge in [-0.1, -0.05) is 60.7 Å². The molecule has 0 aliphatic rings. The van der Waals surface area contributed by atoms with Gasteiger partial charge in [-0.05, 0) is 76.7 Å². The number of carbonyl (C=O) groups is 1. The molecule has 1 aromatic heterocycles. The molecule has 7 heteroatoms. The molecule has 5 rings (SSSR count). The zero-order chi connectivity index (χ0) is 25.5. The van der Waals surface area contributed by atoms with Crippen molar-refractivity contribution in [1.82, 2.24) is 15.2 Å². The van der Waals surface area contributed by atoms with E-state index in [-0.39, 0.29) is 5.91 Å². The highest BCUT2D eigenvalue weighted by Gasteiger charge is 2.12. The third-order valence-corrected chi connectivity index (χ3v) is 6.57. The van der Waals surface area contributed by atoms with Gasteiger partial charge in [0.25, 0.3) is 5.91 Å². The minimum atomic E-state index is -0.266. The second kappa shape index (κ2) is 11.7. The molecule has 182 valence electrons. The molecule has 0 saturated carbocycles. The molecular formula is C30H23IN4O2. The molecule has 0 aliphatic heterocycles. The lowest BCUT2D eigenvalue weighted by atomic mass is 10.1. The molecule has 0 unspecified atom stereocenters. The molecule has 4 aromatic carbocycles. The minimum Gasteiger partial charge on any atom is -0.489 e. The van der Waals surface area contributed by atoms with E-state index in [0.29, 0.717) is 12.2 Å². The van der Waals surface area contributed by atoms with Crippen LogP contribution >= 0.6 is 22.6 Å². The zero-order valence-electron chi connectivity index (χ0n) is 19.8. The number of hydrogen-bond donors (Lipinski definition) is 1. The average Bonchev–Trinajstić information content (AvgIpc) is 3.37. The summed E-state index contributed by atoms with van der Waals surface area (Å²) in [7, 11) is 0. The number of amides is 1. The maximum atomic E-state index is 12.6. The van der Waals surface area contributed by atoms with Gasteiger partial charge < -0.3 is 4.74 Å². The van der Waals surface area contributed by atoms with Crippen LogP contribution in [0.3, 0.4) is 0 Å². The van der Waals surface area contributed by atoms with Crippen molar-refractivity contribution in [3.05, 3.63) is 136 Å². The highest BCUT2D eigenvalue weighted by molar-refractivity contribution is 14.1. The Bertz CT molecular complexity index is 1510. The topological polar surface area (TPSA) is 68.5 Å². The van der Waals surface area contributed by atoms with Gasteiger partial charge in [0.15, 0.2) is 0 Å². The molecule has 5 aromatic rings. The van der Waals surface area contributed by atoms with Crippen LogP contribution in [0.15, 0.2) is 120 Å². The number of carbonyl (C=O) groups excluding carboxylic acids is 1. The van der Waals surface area contributed by atoms with Crippen molar-refractivity contribution in [3.8, 4) is 22.7 Å². The summed E-state index contributed by atoms with van der Waals surface area (Å²) in [6, 6.07) is 35.1. The summed E-state index contributed by atoms with van der Waals surface area (Å²) in [4.78, 5) is 12.6. The van der Waals surface area contributed by atoms with E-state index in [4.69, 9.17) is 9.84 Å². The van der Waals surface area contributed by atoms with Gasteiger partial charge in [-0.15, -0.1) is 0 Å². The van der Waals surface area contributed by atoms with Crippen LogP contribution in [0.4, 0.5) is 0 Å². The van der Waals surface area contributed by atoms with E-state index in [2.05, 4.69) is 33.1 Å². The molecule has 0 atom stereocenters. The summed E-state index contributed by atoms with van der Waals surface area (Å²) in [5.41, 5.74) is 7.66. The summed E-state index contributed by atoms with van der Waals surface area (Å²) in [6.45, 7) is 0.501. The largest absolute Gasteiger partial charge is 0.489 e. The van der Waals surface area contributed by atoms with E-state index < -0.39 is 0 Å². The van der Waals surface area contributed by atoms with Crippen LogP contribution in [0.1, 0.15) is 21.5 Å². The molecule has 0 saturated heterocycles. The highest BCUT2D eigenvalue weighted by atomic mass is 127.